The van der Waals surface area contributed by atoms with Crippen LogP contribution in [0.2, 0.25) is 5.02 Å². The predicted octanol–water partition coefficient (Wildman–Crippen LogP) is -0.241. The smallest absolute Gasteiger partial charge is 0.266 e. The number of carbonyl (C=O) groups is 2. The molecule has 6 heteroatoms. The number of halogens is 1. The second kappa shape index (κ2) is 4.51. The molecule has 0 heterocycles. The maximum absolute atomic E-state index is 11.5. The number of nitrogens with two attached hydrogens (primary N) is 1. The number of benzene rings is 1. The Balaban J connectivity index is 3.39. The van der Waals surface area contributed by atoms with Crippen LogP contribution in [0.5, 0.6) is 0 Å². The van der Waals surface area contributed by atoms with Crippen LogP contribution in [0.4, 0.5) is 0 Å². The molecule has 0 aromatic heterocycles. The van der Waals surface area contributed by atoms with Crippen molar-refractivity contribution in [3.63, 3.8) is 0 Å². The Bertz CT molecular complexity index is 436. The minimum Gasteiger partial charge on any atom is -0.368 e. The minimum absolute atomic E-state index is 0.0384. The molecule has 1 atom stereocenters. The van der Waals surface area contributed by atoms with Crippen molar-refractivity contribution >= 4 is 23.4 Å². The fourth-order valence-corrected chi connectivity index (χ4v) is 1.57. The van der Waals surface area contributed by atoms with E-state index in [0.717, 1.165) is 0 Å². The molecule has 0 spiro atoms. The number of hydrogen-bond acceptors (Lipinski definition) is 3. The fourth-order valence-electron chi connectivity index (χ4n) is 1.30. The third kappa shape index (κ3) is 1.87. The highest BCUT2D eigenvalue weighted by Gasteiger charge is 2.45. The van der Waals surface area contributed by atoms with Crippen molar-refractivity contribution in [3.05, 3.63) is 34.9 Å². The molecule has 0 aliphatic heterocycles. The van der Waals surface area contributed by atoms with Gasteiger partial charge in [-0.1, -0.05) is 29.8 Å². The lowest BCUT2D eigenvalue weighted by Gasteiger charge is -2.23. The van der Waals surface area contributed by atoms with E-state index in [2.05, 4.69) is 5.32 Å². The number of likely N-dealkylation sites (N-methyl/N-ethyl adjacent to an activating group) is 1. The summed E-state index contributed by atoms with van der Waals surface area (Å²) in [6.07, 6.45) is 0. The number of nitrogens with one attached hydrogen (secondary N) is 1. The van der Waals surface area contributed by atoms with E-state index in [0.29, 0.717) is 0 Å². The molecule has 1 unspecified atom stereocenters. The third-order valence-electron chi connectivity index (χ3n) is 2.18. The first-order valence-electron chi connectivity index (χ1n) is 4.44. The lowest BCUT2D eigenvalue weighted by atomic mass is 9.92. The molecule has 86 valence electrons. The Hall–Kier alpha value is -1.59. The Morgan fingerprint density at radius 1 is 1.44 bits per heavy atom. The van der Waals surface area contributed by atoms with Gasteiger partial charge in [-0.3, -0.25) is 9.59 Å². The predicted molar refractivity (Wildman–Crippen MR) is 58.6 cm³/mol. The SMILES string of the molecule is CNC(=O)C(O)(C(N)=O)c1ccccc1Cl. The monoisotopic (exact) mass is 242 g/mol. The molecule has 1 aromatic carbocycles. The molecule has 0 radical (unpaired) electrons. The van der Waals surface area contributed by atoms with Crippen LogP contribution in [-0.4, -0.2) is 24.0 Å². The van der Waals surface area contributed by atoms with Crippen LogP contribution in [0.1, 0.15) is 5.56 Å². The summed E-state index contributed by atoms with van der Waals surface area (Å²) >= 11 is 5.81. The number of carbonyl (C=O) groups excluding carboxylic acids is 2. The normalized spacial score (nSPS) is 13.9. The highest BCUT2D eigenvalue weighted by Crippen LogP contribution is 2.28. The average molecular weight is 243 g/mol. The van der Waals surface area contributed by atoms with E-state index in [1.807, 2.05) is 0 Å². The maximum atomic E-state index is 11.5. The number of aliphatic hydroxyl groups is 1. The minimum atomic E-state index is -2.45. The number of primary amides is 1. The molecule has 0 saturated heterocycles. The zero-order chi connectivity index (χ0) is 12.3. The number of hydrogen-bond donors (Lipinski definition) is 3. The first-order valence-corrected chi connectivity index (χ1v) is 4.81. The molecule has 0 aliphatic carbocycles. The van der Waals surface area contributed by atoms with Gasteiger partial charge in [0, 0.05) is 17.6 Å². The van der Waals surface area contributed by atoms with E-state index >= 15 is 0 Å². The summed E-state index contributed by atoms with van der Waals surface area (Å²) < 4.78 is 0. The largest absolute Gasteiger partial charge is 0.368 e. The number of rotatable bonds is 3. The van der Waals surface area contributed by atoms with Crippen LogP contribution >= 0.6 is 11.6 Å². The van der Waals surface area contributed by atoms with Gasteiger partial charge in [0.25, 0.3) is 11.8 Å². The highest BCUT2D eigenvalue weighted by molar-refractivity contribution is 6.32. The van der Waals surface area contributed by atoms with Crippen LogP contribution in [0, 0.1) is 0 Å². The summed E-state index contributed by atoms with van der Waals surface area (Å²) in [5.74, 6) is -2.10. The van der Waals surface area contributed by atoms with Gasteiger partial charge in [0.15, 0.2) is 0 Å². The molecular weight excluding hydrogens is 232 g/mol. The van der Waals surface area contributed by atoms with Gasteiger partial charge >= 0.3 is 0 Å². The summed E-state index contributed by atoms with van der Waals surface area (Å²) in [6.45, 7) is 0. The molecule has 4 N–H and O–H groups in total. The lowest BCUT2D eigenvalue weighted by Crippen LogP contribution is -2.52. The van der Waals surface area contributed by atoms with Crippen molar-refractivity contribution in [2.45, 2.75) is 5.60 Å². The zero-order valence-corrected chi connectivity index (χ0v) is 9.28. The molecule has 0 aliphatic rings. The van der Waals surface area contributed by atoms with Crippen molar-refractivity contribution in [3.8, 4) is 0 Å². The lowest BCUT2D eigenvalue weighted by molar-refractivity contribution is -0.152. The highest BCUT2D eigenvalue weighted by atomic mass is 35.5. The Labute approximate surface area is 97.2 Å². The zero-order valence-electron chi connectivity index (χ0n) is 8.53. The molecule has 1 rings (SSSR count). The molecule has 5 nitrogen and oxygen atoms in total. The topological polar surface area (TPSA) is 92.4 Å². The van der Waals surface area contributed by atoms with Crippen LogP contribution in [-0.2, 0) is 15.2 Å². The summed E-state index contributed by atoms with van der Waals surface area (Å²) in [5.41, 5.74) is 2.55. The van der Waals surface area contributed by atoms with Crippen LogP contribution in [0.15, 0.2) is 24.3 Å². The Kier molecular flexibility index (Phi) is 3.51. The molecule has 0 fully saturated rings. The Morgan fingerprint density at radius 2 is 2.00 bits per heavy atom. The summed E-state index contributed by atoms with van der Waals surface area (Å²) in [6, 6.07) is 5.96. The van der Waals surface area contributed by atoms with E-state index in [9.17, 15) is 14.7 Å². The van der Waals surface area contributed by atoms with Crippen LogP contribution < -0.4 is 11.1 Å². The van der Waals surface area contributed by atoms with Gasteiger partial charge in [0.05, 0.1) is 0 Å². The maximum Gasteiger partial charge on any atom is 0.266 e. The fraction of sp³-hybridized carbons (Fsp3) is 0.200. The van der Waals surface area contributed by atoms with Crippen LogP contribution in [0.3, 0.4) is 0 Å². The quantitative estimate of drug-likeness (QED) is 0.639. The van der Waals surface area contributed by atoms with Crippen molar-refractivity contribution in [2.75, 3.05) is 7.05 Å². The van der Waals surface area contributed by atoms with E-state index in [1.54, 1.807) is 6.07 Å². The van der Waals surface area contributed by atoms with Gasteiger partial charge in [-0.25, -0.2) is 0 Å². The second-order valence-electron chi connectivity index (χ2n) is 3.13. The standard InChI is InChI=1S/C10H11ClN2O3/c1-13-9(15)10(16,8(12)14)6-4-2-3-5-7(6)11/h2-5,16H,1H3,(H2,12,14)(H,13,15). The van der Waals surface area contributed by atoms with Gasteiger partial charge < -0.3 is 16.2 Å². The second-order valence-corrected chi connectivity index (χ2v) is 3.54. The number of amides is 2. The van der Waals surface area contributed by atoms with Gasteiger partial charge in [0.1, 0.15) is 0 Å². The van der Waals surface area contributed by atoms with Gasteiger partial charge in [-0.05, 0) is 6.07 Å². The van der Waals surface area contributed by atoms with Crippen molar-refractivity contribution in [1.82, 2.24) is 5.32 Å². The molecular formula is C10H11ClN2O3. The summed E-state index contributed by atoms with van der Waals surface area (Å²) in [5, 5.41) is 12.3. The van der Waals surface area contributed by atoms with Gasteiger partial charge in [0.2, 0.25) is 5.60 Å². The van der Waals surface area contributed by atoms with E-state index in [1.165, 1.54) is 25.2 Å². The van der Waals surface area contributed by atoms with Crippen molar-refractivity contribution in [1.29, 1.82) is 0 Å². The van der Waals surface area contributed by atoms with Gasteiger partial charge in [-0.15, -0.1) is 0 Å². The molecule has 0 saturated carbocycles. The van der Waals surface area contributed by atoms with Gasteiger partial charge in [-0.2, -0.15) is 0 Å². The molecule has 2 amide bonds. The first kappa shape index (κ1) is 12.5. The Morgan fingerprint density at radius 3 is 2.44 bits per heavy atom. The average Bonchev–Trinajstić information content (AvgIpc) is 2.27. The van der Waals surface area contributed by atoms with Crippen LogP contribution in [0.25, 0.3) is 0 Å². The van der Waals surface area contributed by atoms with E-state index in [4.69, 9.17) is 17.3 Å². The van der Waals surface area contributed by atoms with E-state index < -0.39 is 17.4 Å². The summed E-state index contributed by atoms with van der Waals surface area (Å²) in [7, 11) is 1.28. The molecule has 1 aromatic rings. The van der Waals surface area contributed by atoms with Crippen molar-refractivity contribution in [2.24, 2.45) is 5.73 Å². The summed E-state index contributed by atoms with van der Waals surface area (Å²) in [4.78, 5) is 22.7. The first-order chi connectivity index (χ1) is 7.44. The molecule has 16 heavy (non-hydrogen) atoms. The van der Waals surface area contributed by atoms with Crippen molar-refractivity contribution < 1.29 is 14.7 Å². The van der Waals surface area contributed by atoms with E-state index in [-0.39, 0.29) is 10.6 Å². The molecule has 0 bridgehead atoms. The third-order valence-corrected chi connectivity index (χ3v) is 2.51.